The van der Waals surface area contributed by atoms with Gasteiger partial charge in [0.1, 0.15) is 0 Å². The Morgan fingerprint density at radius 3 is 2.56 bits per heavy atom. The van der Waals surface area contributed by atoms with Gasteiger partial charge in [-0.3, -0.25) is 4.79 Å². The van der Waals surface area contributed by atoms with E-state index in [-0.39, 0.29) is 17.3 Å². The maximum absolute atomic E-state index is 12.1. The second kappa shape index (κ2) is 5.94. The van der Waals surface area contributed by atoms with Gasteiger partial charge in [0.05, 0.1) is 10.6 Å². The SMILES string of the molecule is Cc1ccc(C(=O)NC2CCC(Cl)CC2)c(Cl)c1. The number of amides is 1. The number of hydrogen-bond acceptors (Lipinski definition) is 1. The Morgan fingerprint density at radius 2 is 1.94 bits per heavy atom. The van der Waals surface area contributed by atoms with Gasteiger partial charge in [0.25, 0.3) is 5.91 Å². The largest absolute Gasteiger partial charge is 0.349 e. The van der Waals surface area contributed by atoms with Gasteiger partial charge in [0, 0.05) is 11.4 Å². The minimum absolute atomic E-state index is 0.0852. The number of carbonyl (C=O) groups excluding carboxylic acids is 1. The smallest absolute Gasteiger partial charge is 0.253 e. The summed E-state index contributed by atoms with van der Waals surface area (Å²) >= 11 is 12.1. The van der Waals surface area contributed by atoms with Gasteiger partial charge < -0.3 is 5.32 Å². The lowest BCUT2D eigenvalue weighted by atomic mass is 9.95. The van der Waals surface area contributed by atoms with Crippen LogP contribution in [-0.4, -0.2) is 17.3 Å². The molecule has 1 saturated carbocycles. The zero-order valence-corrected chi connectivity index (χ0v) is 11.9. The van der Waals surface area contributed by atoms with Gasteiger partial charge >= 0.3 is 0 Å². The summed E-state index contributed by atoms with van der Waals surface area (Å²) in [5, 5.41) is 3.81. The van der Waals surface area contributed by atoms with E-state index in [4.69, 9.17) is 23.2 Å². The zero-order valence-electron chi connectivity index (χ0n) is 10.4. The standard InChI is InChI=1S/C14H17Cl2NO/c1-9-2-7-12(13(16)8-9)14(18)17-11-5-3-10(15)4-6-11/h2,7-8,10-11H,3-6H2,1H3,(H,17,18). The molecular formula is C14H17Cl2NO. The number of aryl methyl sites for hydroxylation is 1. The molecule has 4 heteroatoms. The lowest BCUT2D eigenvalue weighted by Gasteiger charge is -2.26. The normalized spacial score (nSPS) is 23.7. The molecule has 0 bridgehead atoms. The van der Waals surface area contributed by atoms with Gasteiger partial charge in [-0.15, -0.1) is 11.6 Å². The molecule has 0 aromatic heterocycles. The van der Waals surface area contributed by atoms with Crippen LogP contribution in [0.4, 0.5) is 0 Å². The predicted molar refractivity (Wildman–Crippen MR) is 75.6 cm³/mol. The van der Waals surface area contributed by atoms with Crippen molar-refractivity contribution in [3.05, 3.63) is 34.3 Å². The first-order valence-electron chi connectivity index (χ1n) is 6.27. The minimum atomic E-state index is -0.0852. The van der Waals surface area contributed by atoms with E-state index in [1.807, 2.05) is 19.1 Å². The fourth-order valence-electron chi connectivity index (χ4n) is 2.26. The average Bonchev–Trinajstić information content (AvgIpc) is 2.32. The summed E-state index contributed by atoms with van der Waals surface area (Å²) in [6.07, 6.45) is 3.83. The molecule has 0 atom stereocenters. The van der Waals surface area contributed by atoms with E-state index in [0.29, 0.717) is 10.6 Å². The highest BCUT2D eigenvalue weighted by molar-refractivity contribution is 6.33. The van der Waals surface area contributed by atoms with Gasteiger partial charge in [-0.2, -0.15) is 0 Å². The Kier molecular flexibility index (Phi) is 4.52. The molecule has 1 N–H and O–H groups in total. The van der Waals surface area contributed by atoms with Crippen LogP contribution in [0.2, 0.25) is 5.02 Å². The van der Waals surface area contributed by atoms with Crippen molar-refractivity contribution in [2.45, 2.75) is 44.0 Å². The Morgan fingerprint density at radius 1 is 1.28 bits per heavy atom. The second-order valence-corrected chi connectivity index (χ2v) is 5.93. The molecule has 1 aliphatic rings. The van der Waals surface area contributed by atoms with Crippen molar-refractivity contribution in [2.24, 2.45) is 0 Å². The molecule has 0 spiro atoms. The molecule has 0 saturated heterocycles. The Bertz CT molecular complexity index is 439. The van der Waals surface area contributed by atoms with Crippen LogP contribution in [0.3, 0.4) is 0 Å². The highest BCUT2D eigenvalue weighted by atomic mass is 35.5. The van der Waals surface area contributed by atoms with Crippen molar-refractivity contribution < 1.29 is 4.79 Å². The fraction of sp³-hybridized carbons (Fsp3) is 0.500. The van der Waals surface area contributed by atoms with Crippen LogP contribution in [0.25, 0.3) is 0 Å². The van der Waals surface area contributed by atoms with Crippen molar-refractivity contribution in [3.8, 4) is 0 Å². The van der Waals surface area contributed by atoms with Gasteiger partial charge in [-0.25, -0.2) is 0 Å². The topological polar surface area (TPSA) is 29.1 Å². The summed E-state index contributed by atoms with van der Waals surface area (Å²) in [6.45, 7) is 1.95. The van der Waals surface area contributed by atoms with Crippen molar-refractivity contribution in [1.29, 1.82) is 0 Å². The van der Waals surface area contributed by atoms with E-state index in [0.717, 1.165) is 31.2 Å². The summed E-state index contributed by atoms with van der Waals surface area (Å²) < 4.78 is 0. The predicted octanol–water partition coefficient (Wildman–Crippen LogP) is 3.93. The van der Waals surface area contributed by atoms with Crippen LogP contribution in [0.1, 0.15) is 41.6 Å². The summed E-state index contributed by atoms with van der Waals surface area (Å²) in [6, 6.07) is 5.72. The summed E-state index contributed by atoms with van der Waals surface area (Å²) in [5.74, 6) is -0.0852. The van der Waals surface area contributed by atoms with Crippen LogP contribution in [0, 0.1) is 6.92 Å². The summed E-state index contributed by atoms with van der Waals surface area (Å²) in [5.41, 5.74) is 1.61. The maximum atomic E-state index is 12.1. The van der Waals surface area contributed by atoms with Crippen molar-refractivity contribution in [3.63, 3.8) is 0 Å². The molecule has 1 aromatic carbocycles. The fourth-order valence-corrected chi connectivity index (χ4v) is 2.84. The third kappa shape index (κ3) is 3.39. The lowest BCUT2D eigenvalue weighted by Crippen LogP contribution is -2.37. The Balaban J connectivity index is 1.99. The highest BCUT2D eigenvalue weighted by Crippen LogP contribution is 2.24. The minimum Gasteiger partial charge on any atom is -0.349 e. The molecule has 1 aliphatic carbocycles. The third-order valence-electron chi connectivity index (χ3n) is 3.36. The van der Waals surface area contributed by atoms with E-state index in [2.05, 4.69) is 5.32 Å². The van der Waals surface area contributed by atoms with Gasteiger partial charge in [-0.05, 0) is 50.3 Å². The molecule has 0 radical (unpaired) electrons. The molecular weight excluding hydrogens is 269 g/mol. The Labute approximate surface area is 118 Å². The van der Waals surface area contributed by atoms with Crippen LogP contribution < -0.4 is 5.32 Å². The van der Waals surface area contributed by atoms with Crippen molar-refractivity contribution in [1.82, 2.24) is 5.32 Å². The number of benzene rings is 1. The van der Waals surface area contributed by atoms with Crippen LogP contribution in [-0.2, 0) is 0 Å². The molecule has 18 heavy (non-hydrogen) atoms. The third-order valence-corrected chi connectivity index (χ3v) is 4.11. The number of carbonyl (C=O) groups is 1. The lowest BCUT2D eigenvalue weighted by molar-refractivity contribution is 0.0928. The molecule has 1 aromatic rings. The maximum Gasteiger partial charge on any atom is 0.253 e. The van der Waals surface area contributed by atoms with Crippen molar-refractivity contribution >= 4 is 29.1 Å². The number of hydrogen-bond donors (Lipinski definition) is 1. The average molecular weight is 286 g/mol. The molecule has 98 valence electrons. The quantitative estimate of drug-likeness (QED) is 0.820. The molecule has 0 heterocycles. The van der Waals surface area contributed by atoms with E-state index in [9.17, 15) is 4.79 Å². The zero-order chi connectivity index (χ0) is 13.1. The van der Waals surface area contributed by atoms with Gasteiger partial charge in [-0.1, -0.05) is 17.7 Å². The number of nitrogens with one attached hydrogen (secondary N) is 1. The first-order valence-corrected chi connectivity index (χ1v) is 7.09. The highest BCUT2D eigenvalue weighted by Gasteiger charge is 2.22. The summed E-state index contributed by atoms with van der Waals surface area (Å²) in [7, 11) is 0. The van der Waals surface area contributed by atoms with Crippen molar-refractivity contribution in [2.75, 3.05) is 0 Å². The van der Waals surface area contributed by atoms with E-state index >= 15 is 0 Å². The molecule has 1 fully saturated rings. The molecule has 2 nitrogen and oxygen atoms in total. The molecule has 2 rings (SSSR count). The monoisotopic (exact) mass is 285 g/mol. The van der Waals surface area contributed by atoms with Crippen LogP contribution >= 0.6 is 23.2 Å². The second-order valence-electron chi connectivity index (χ2n) is 4.91. The van der Waals surface area contributed by atoms with Crippen LogP contribution in [0.15, 0.2) is 18.2 Å². The molecule has 0 unspecified atom stereocenters. The van der Waals surface area contributed by atoms with Crippen LogP contribution in [0.5, 0.6) is 0 Å². The first kappa shape index (κ1) is 13.7. The number of halogens is 2. The molecule has 0 aliphatic heterocycles. The van der Waals surface area contributed by atoms with E-state index in [1.165, 1.54) is 0 Å². The first-order chi connectivity index (χ1) is 8.56. The molecule has 1 amide bonds. The van der Waals surface area contributed by atoms with E-state index in [1.54, 1.807) is 6.07 Å². The number of rotatable bonds is 2. The summed E-state index contributed by atoms with van der Waals surface area (Å²) in [4.78, 5) is 12.1. The Hall–Kier alpha value is -0.730. The van der Waals surface area contributed by atoms with Gasteiger partial charge in [0.2, 0.25) is 0 Å². The van der Waals surface area contributed by atoms with Gasteiger partial charge in [0.15, 0.2) is 0 Å². The number of alkyl halides is 1. The van der Waals surface area contributed by atoms with E-state index < -0.39 is 0 Å².